The van der Waals surface area contributed by atoms with E-state index in [0.29, 0.717) is 0 Å². The van der Waals surface area contributed by atoms with E-state index < -0.39 is 18.0 Å². The Morgan fingerprint density at radius 1 is 1.24 bits per heavy atom. The lowest BCUT2D eigenvalue weighted by atomic mass is 10.2. The Balaban J connectivity index is 2.16. The summed E-state index contributed by atoms with van der Waals surface area (Å²) in [5, 5.41) is 4.85. The van der Waals surface area contributed by atoms with Crippen molar-refractivity contribution in [3.05, 3.63) is 35.9 Å². The Labute approximate surface area is 122 Å². The molecule has 3 amide bonds. The molecule has 1 aromatic rings. The SMILES string of the molecule is C[C@H](NC(=O)CCNC(=O)OCc1ccccc1)C(N)=O. The largest absolute Gasteiger partial charge is 0.445 e. The van der Waals surface area contributed by atoms with E-state index in [2.05, 4.69) is 10.6 Å². The average molecular weight is 293 g/mol. The molecule has 7 nitrogen and oxygen atoms in total. The van der Waals surface area contributed by atoms with Gasteiger partial charge in [0.05, 0.1) is 0 Å². The fourth-order valence-electron chi connectivity index (χ4n) is 1.44. The van der Waals surface area contributed by atoms with Crippen LogP contribution >= 0.6 is 0 Å². The first-order valence-corrected chi connectivity index (χ1v) is 6.52. The summed E-state index contributed by atoms with van der Waals surface area (Å²) in [7, 11) is 0. The van der Waals surface area contributed by atoms with Gasteiger partial charge in [0.15, 0.2) is 0 Å². The highest BCUT2D eigenvalue weighted by Crippen LogP contribution is 2.00. The first-order chi connectivity index (χ1) is 9.99. The zero-order valence-corrected chi connectivity index (χ0v) is 11.8. The minimum absolute atomic E-state index is 0.0397. The van der Waals surface area contributed by atoms with Crippen molar-refractivity contribution in [3.8, 4) is 0 Å². The Morgan fingerprint density at radius 3 is 2.52 bits per heavy atom. The minimum Gasteiger partial charge on any atom is -0.445 e. The van der Waals surface area contributed by atoms with E-state index in [0.717, 1.165) is 5.56 Å². The molecule has 21 heavy (non-hydrogen) atoms. The maximum Gasteiger partial charge on any atom is 0.407 e. The van der Waals surface area contributed by atoms with Crippen LogP contribution in [0.4, 0.5) is 4.79 Å². The van der Waals surface area contributed by atoms with Crippen molar-refractivity contribution in [3.63, 3.8) is 0 Å². The first kappa shape index (κ1) is 16.5. The molecular formula is C14H19N3O4. The molecule has 0 saturated heterocycles. The number of ether oxygens (including phenoxy) is 1. The predicted octanol–water partition coefficient (Wildman–Crippen LogP) is 0.293. The Hall–Kier alpha value is -2.57. The fraction of sp³-hybridized carbons (Fsp3) is 0.357. The first-order valence-electron chi connectivity index (χ1n) is 6.52. The summed E-state index contributed by atoms with van der Waals surface area (Å²) in [6.07, 6.45) is -0.562. The average Bonchev–Trinajstić information content (AvgIpc) is 2.46. The third kappa shape index (κ3) is 6.95. The van der Waals surface area contributed by atoms with Gasteiger partial charge in [-0.15, -0.1) is 0 Å². The Bertz CT molecular complexity index is 490. The van der Waals surface area contributed by atoms with Gasteiger partial charge >= 0.3 is 6.09 Å². The monoisotopic (exact) mass is 293 g/mol. The Morgan fingerprint density at radius 2 is 1.90 bits per heavy atom. The van der Waals surface area contributed by atoms with Crippen molar-refractivity contribution in [2.24, 2.45) is 5.73 Å². The summed E-state index contributed by atoms with van der Waals surface area (Å²) in [6, 6.07) is 8.51. The van der Waals surface area contributed by atoms with Gasteiger partial charge in [-0.1, -0.05) is 30.3 Å². The highest BCUT2D eigenvalue weighted by atomic mass is 16.5. The van der Waals surface area contributed by atoms with Crippen LogP contribution < -0.4 is 16.4 Å². The van der Waals surface area contributed by atoms with Crippen molar-refractivity contribution in [1.29, 1.82) is 0 Å². The number of carbonyl (C=O) groups is 3. The Kier molecular flexibility index (Phi) is 6.73. The maximum absolute atomic E-state index is 11.4. The second-order valence-corrected chi connectivity index (χ2v) is 4.43. The molecule has 1 rings (SSSR count). The van der Waals surface area contributed by atoms with Crippen LogP contribution in [0.15, 0.2) is 30.3 Å². The molecule has 4 N–H and O–H groups in total. The van der Waals surface area contributed by atoms with E-state index in [9.17, 15) is 14.4 Å². The molecule has 0 unspecified atom stereocenters. The molecule has 0 bridgehead atoms. The molecular weight excluding hydrogens is 274 g/mol. The van der Waals surface area contributed by atoms with E-state index in [1.807, 2.05) is 30.3 Å². The maximum atomic E-state index is 11.4. The second-order valence-electron chi connectivity index (χ2n) is 4.43. The number of primary amides is 1. The summed E-state index contributed by atoms with van der Waals surface area (Å²) < 4.78 is 4.97. The van der Waals surface area contributed by atoms with Gasteiger partial charge in [-0.05, 0) is 12.5 Å². The molecule has 0 aliphatic rings. The number of carbonyl (C=O) groups excluding carboxylic acids is 3. The van der Waals surface area contributed by atoms with Gasteiger partial charge in [0.2, 0.25) is 11.8 Å². The van der Waals surface area contributed by atoms with Crippen molar-refractivity contribution < 1.29 is 19.1 Å². The van der Waals surface area contributed by atoms with Crippen molar-refractivity contribution in [1.82, 2.24) is 10.6 Å². The van der Waals surface area contributed by atoms with Gasteiger partial charge in [0.25, 0.3) is 0 Å². The summed E-state index contributed by atoms with van der Waals surface area (Å²) in [5.41, 5.74) is 5.89. The molecule has 1 atom stereocenters. The number of benzene rings is 1. The summed E-state index contributed by atoms with van der Waals surface area (Å²) in [4.78, 5) is 33.6. The van der Waals surface area contributed by atoms with Gasteiger partial charge in [0.1, 0.15) is 12.6 Å². The fourth-order valence-corrected chi connectivity index (χ4v) is 1.44. The number of alkyl carbamates (subject to hydrolysis) is 1. The number of hydrogen-bond donors (Lipinski definition) is 3. The topological polar surface area (TPSA) is 111 Å². The van der Waals surface area contributed by atoms with Crippen LogP contribution in [0.5, 0.6) is 0 Å². The third-order valence-corrected chi connectivity index (χ3v) is 2.64. The van der Waals surface area contributed by atoms with Crippen LogP contribution in [-0.4, -0.2) is 30.5 Å². The zero-order chi connectivity index (χ0) is 15.7. The van der Waals surface area contributed by atoms with Crippen LogP contribution in [0, 0.1) is 0 Å². The number of nitrogens with two attached hydrogens (primary N) is 1. The van der Waals surface area contributed by atoms with Crippen LogP contribution in [0.1, 0.15) is 18.9 Å². The molecule has 7 heteroatoms. The lowest BCUT2D eigenvalue weighted by molar-refractivity contribution is -0.126. The lowest BCUT2D eigenvalue weighted by Crippen LogP contribution is -2.43. The van der Waals surface area contributed by atoms with E-state index >= 15 is 0 Å². The van der Waals surface area contributed by atoms with Crippen LogP contribution in [-0.2, 0) is 20.9 Å². The van der Waals surface area contributed by atoms with Gasteiger partial charge in [-0.3, -0.25) is 9.59 Å². The normalized spacial score (nSPS) is 11.3. The molecule has 0 aliphatic heterocycles. The van der Waals surface area contributed by atoms with Gasteiger partial charge in [-0.2, -0.15) is 0 Å². The highest BCUT2D eigenvalue weighted by Gasteiger charge is 2.12. The quantitative estimate of drug-likeness (QED) is 0.671. The molecule has 114 valence electrons. The van der Waals surface area contributed by atoms with Crippen LogP contribution in [0.3, 0.4) is 0 Å². The molecule has 0 radical (unpaired) electrons. The molecule has 0 fully saturated rings. The summed E-state index contributed by atoms with van der Waals surface area (Å²) in [5.74, 6) is -0.983. The zero-order valence-electron chi connectivity index (χ0n) is 11.8. The van der Waals surface area contributed by atoms with E-state index in [-0.39, 0.29) is 25.5 Å². The third-order valence-electron chi connectivity index (χ3n) is 2.64. The van der Waals surface area contributed by atoms with E-state index in [4.69, 9.17) is 10.5 Å². The molecule has 1 aromatic carbocycles. The summed E-state index contributed by atoms with van der Waals surface area (Å²) in [6.45, 7) is 1.77. The highest BCUT2D eigenvalue weighted by molar-refractivity contribution is 5.86. The van der Waals surface area contributed by atoms with Gasteiger partial charge < -0.3 is 21.1 Å². The standard InChI is InChI=1S/C14H19N3O4/c1-10(13(15)19)17-12(18)7-8-16-14(20)21-9-11-5-3-2-4-6-11/h2-6,10H,7-9H2,1H3,(H2,15,19)(H,16,20)(H,17,18)/t10-/m0/s1. The van der Waals surface area contributed by atoms with Crippen LogP contribution in [0.2, 0.25) is 0 Å². The number of rotatable bonds is 7. The van der Waals surface area contributed by atoms with Gasteiger partial charge in [0, 0.05) is 13.0 Å². The van der Waals surface area contributed by atoms with E-state index in [1.165, 1.54) is 6.92 Å². The van der Waals surface area contributed by atoms with Crippen LogP contribution in [0.25, 0.3) is 0 Å². The second kappa shape index (κ2) is 8.57. The molecule has 0 heterocycles. The number of amides is 3. The number of nitrogens with one attached hydrogen (secondary N) is 2. The van der Waals surface area contributed by atoms with Crippen molar-refractivity contribution in [2.75, 3.05) is 6.54 Å². The predicted molar refractivity (Wildman–Crippen MR) is 76.0 cm³/mol. The molecule has 0 aromatic heterocycles. The minimum atomic E-state index is -0.734. The molecule has 0 spiro atoms. The van der Waals surface area contributed by atoms with Crippen molar-refractivity contribution in [2.45, 2.75) is 26.0 Å². The summed E-state index contributed by atoms with van der Waals surface area (Å²) >= 11 is 0. The van der Waals surface area contributed by atoms with E-state index in [1.54, 1.807) is 0 Å². The van der Waals surface area contributed by atoms with Crippen molar-refractivity contribution >= 4 is 17.9 Å². The molecule has 0 aliphatic carbocycles. The lowest BCUT2D eigenvalue weighted by Gasteiger charge is -2.10. The molecule has 0 saturated carbocycles. The van der Waals surface area contributed by atoms with Gasteiger partial charge in [-0.25, -0.2) is 4.79 Å². The smallest absolute Gasteiger partial charge is 0.407 e. The number of hydrogen-bond acceptors (Lipinski definition) is 4.